The van der Waals surface area contributed by atoms with Gasteiger partial charge in [-0.25, -0.2) is 4.98 Å². The third kappa shape index (κ3) is 2.11. The van der Waals surface area contributed by atoms with Gasteiger partial charge >= 0.3 is 0 Å². The Kier molecular flexibility index (Phi) is 2.66. The number of nitriles is 1. The third-order valence-electron chi connectivity index (χ3n) is 2.48. The van der Waals surface area contributed by atoms with Crippen molar-refractivity contribution in [1.82, 2.24) is 4.98 Å². The molecule has 0 saturated heterocycles. The Hall–Kier alpha value is -0.720. The van der Waals surface area contributed by atoms with Crippen LogP contribution in [-0.2, 0) is 12.2 Å². The second kappa shape index (κ2) is 3.70. The summed E-state index contributed by atoms with van der Waals surface area (Å²) >= 11 is 7.81. The summed E-state index contributed by atoms with van der Waals surface area (Å²) in [7, 11) is 0. The van der Waals surface area contributed by atoms with E-state index in [4.69, 9.17) is 16.9 Å². The van der Waals surface area contributed by atoms with Crippen molar-refractivity contribution in [3.8, 4) is 6.07 Å². The first-order chi connectivity index (χ1) is 7.02. The third-order valence-corrected chi connectivity index (χ3v) is 4.15. The van der Waals surface area contributed by atoms with Gasteiger partial charge in [0.25, 0.3) is 0 Å². The van der Waals surface area contributed by atoms with E-state index in [2.05, 4.69) is 24.9 Å². The minimum atomic E-state index is 0.220. The van der Waals surface area contributed by atoms with Gasteiger partial charge in [0.15, 0.2) is 0 Å². The minimum Gasteiger partial charge on any atom is -0.239 e. The number of halogens is 1. The van der Waals surface area contributed by atoms with E-state index in [1.165, 1.54) is 0 Å². The quantitative estimate of drug-likeness (QED) is 0.652. The largest absolute Gasteiger partial charge is 0.239 e. The average Bonchev–Trinajstić information content (AvgIpc) is 2.15. The lowest BCUT2D eigenvalue weighted by molar-refractivity contribution is 0.676. The van der Waals surface area contributed by atoms with Crippen molar-refractivity contribution < 1.29 is 0 Å². The van der Waals surface area contributed by atoms with Gasteiger partial charge in [-0.2, -0.15) is 17.0 Å². The van der Waals surface area contributed by atoms with Gasteiger partial charge in [0.2, 0.25) is 0 Å². The fourth-order valence-electron chi connectivity index (χ4n) is 1.65. The van der Waals surface area contributed by atoms with Crippen LogP contribution in [0, 0.1) is 11.3 Å². The Bertz CT molecular complexity index is 449. The number of aromatic nitrogens is 1. The molecule has 0 amide bonds. The van der Waals surface area contributed by atoms with Gasteiger partial charge in [-0.1, -0.05) is 25.4 Å². The Morgan fingerprint density at radius 1 is 1.60 bits per heavy atom. The maximum atomic E-state index is 8.84. The number of thioether (sulfide) groups is 1. The number of hydrogen-bond acceptors (Lipinski definition) is 3. The molecule has 0 bridgehead atoms. The lowest BCUT2D eigenvalue weighted by Gasteiger charge is -2.30. The Balaban J connectivity index is 2.47. The molecular weight excluding hydrogens is 228 g/mol. The highest BCUT2D eigenvalue weighted by Gasteiger charge is 2.27. The van der Waals surface area contributed by atoms with E-state index in [0.29, 0.717) is 10.7 Å². The van der Waals surface area contributed by atoms with Gasteiger partial charge in [0, 0.05) is 22.6 Å². The summed E-state index contributed by atoms with van der Waals surface area (Å²) in [6.07, 6.45) is 0.915. The molecule has 4 heteroatoms. The molecule has 2 nitrogen and oxygen atoms in total. The summed E-state index contributed by atoms with van der Waals surface area (Å²) in [4.78, 5) is 4.31. The van der Waals surface area contributed by atoms with E-state index in [1.54, 1.807) is 0 Å². The van der Waals surface area contributed by atoms with E-state index in [1.807, 2.05) is 17.8 Å². The van der Waals surface area contributed by atoms with Gasteiger partial charge in [0.05, 0.1) is 5.56 Å². The Morgan fingerprint density at radius 2 is 2.33 bits per heavy atom. The van der Waals surface area contributed by atoms with Crippen LogP contribution in [0.4, 0.5) is 0 Å². The second-order valence-electron chi connectivity index (χ2n) is 4.27. The molecule has 0 N–H and O–H groups in total. The smallest absolute Gasteiger partial charge is 0.147 e. The number of fused-ring (bicyclic) bond motifs is 1. The molecule has 0 saturated carbocycles. The molecule has 15 heavy (non-hydrogen) atoms. The van der Waals surface area contributed by atoms with Gasteiger partial charge in [-0.05, 0) is 11.6 Å². The van der Waals surface area contributed by atoms with Gasteiger partial charge < -0.3 is 0 Å². The van der Waals surface area contributed by atoms with Crippen molar-refractivity contribution in [3.05, 3.63) is 28.0 Å². The van der Waals surface area contributed by atoms with Crippen LogP contribution in [0.1, 0.15) is 30.7 Å². The maximum absolute atomic E-state index is 8.84. The van der Waals surface area contributed by atoms with Crippen molar-refractivity contribution in [1.29, 1.82) is 5.26 Å². The molecule has 0 aliphatic carbocycles. The predicted molar refractivity (Wildman–Crippen MR) is 63.0 cm³/mol. The van der Waals surface area contributed by atoms with Crippen LogP contribution in [0.5, 0.6) is 0 Å². The topological polar surface area (TPSA) is 36.7 Å². The molecule has 1 aliphatic heterocycles. The van der Waals surface area contributed by atoms with Gasteiger partial charge in [-0.3, -0.25) is 0 Å². The van der Waals surface area contributed by atoms with Crippen LogP contribution in [0.15, 0.2) is 6.07 Å². The van der Waals surface area contributed by atoms with Crippen molar-refractivity contribution in [2.24, 2.45) is 0 Å². The molecule has 2 heterocycles. The highest BCUT2D eigenvalue weighted by atomic mass is 35.5. The fourth-order valence-corrected chi connectivity index (χ4v) is 2.89. The SMILES string of the molecule is CC1(C)Cc2nc(Cl)c(C#N)cc2CS1. The van der Waals surface area contributed by atoms with Crippen LogP contribution in [0.2, 0.25) is 5.15 Å². The molecule has 0 unspecified atom stereocenters. The van der Waals surface area contributed by atoms with Crippen molar-refractivity contribution in [2.45, 2.75) is 30.8 Å². The average molecular weight is 239 g/mol. The van der Waals surface area contributed by atoms with Crippen molar-refractivity contribution in [3.63, 3.8) is 0 Å². The highest BCUT2D eigenvalue weighted by molar-refractivity contribution is 7.99. The summed E-state index contributed by atoms with van der Waals surface area (Å²) in [5, 5.41) is 9.17. The molecule has 1 aromatic rings. The van der Waals surface area contributed by atoms with E-state index < -0.39 is 0 Å². The van der Waals surface area contributed by atoms with E-state index >= 15 is 0 Å². The molecule has 1 aliphatic rings. The fraction of sp³-hybridized carbons (Fsp3) is 0.455. The van der Waals surface area contributed by atoms with E-state index in [9.17, 15) is 0 Å². The molecule has 0 aromatic carbocycles. The highest BCUT2D eigenvalue weighted by Crippen LogP contribution is 2.38. The first kappa shape index (κ1) is 10.8. The summed E-state index contributed by atoms with van der Waals surface area (Å²) in [6.45, 7) is 4.41. The Labute approximate surface area is 98.7 Å². The molecule has 1 aromatic heterocycles. The number of pyridine rings is 1. The Morgan fingerprint density at radius 3 is 3.00 bits per heavy atom. The summed E-state index contributed by atoms with van der Waals surface area (Å²) in [5.41, 5.74) is 2.68. The zero-order chi connectivity index (χ0) is 11.1. The lowest BCUT2D eigenvalue weighted by Crippen LogP contribution is -2.24. The lowest BCUT2D eigenvalue weighted by atomic mass is 10.0. The van der Waals surface area contributed by atoms with Gasteiger partial charge in [-0.15, -0.1) is 0 Å². The first-order valence-electron chi connectivity index (χ1n) is 4.74. The van der Waals surface area contributed by atoms with Crippen LogP contribution in [0.25, 0.3) is 0 Å². The van der Waals surface area contributed by atoms with Crippen LogP contribution in [-0.4, -0.2) is 9.73 Å². The molecule has 0 radical (unpaired) electrons. The number of hydrogen-bond donors (Lipinski definition) is 0. The molecule has 0 fully saturated rings. The zero-order valence-corrected chi connectivity index (χ0v) is 10.2. The summed E-state index contributed by atoms with van der Waals surface area (Å²) in [5.74, 6) is 0.918. The van der Waals surface area contributed by atoms with Crippen molar-refractivity contribution in [2.75, 3.05) is 0 Å². The maximum Gasteiger partial charge on any atom is 0.147 e. The first-order valence-corrected chi connectivity index (χ1v) is 6.10. The molecule has 78 valence electrons. The number of rotatable bonds is 0. The summed E-state index contributed by atoms with van der Waals surface area (Å²) < 4.78 is 0.220. The molecular formula is C11H11ClN2S. The monoisotopic (exact) mass is 238 g/mol. The standard InChI is InChI=1S/C11H11ClN2S/c1-11(2)4-9-8(6-15-11)3-7(5-13)10(12)14-9/h3H,4,6H2,1-2H3. The van der Waals surface area contributed by atoms with E-state index in [-0.39, 0.29) is 4.75 Å². The predicted octanol–water partition coefficient (Wildman–Crippen LogP) is 3.17. The molecule has 2 rings (SSSR count). The summed E-state index contributed by atoms with van der Waals surface area (Å²) in [6, 6.07) is 3.93. The van der Waals surface area contributed by atoms with Crippen LogP contribution < -0.4 is 0 Å². The number of nitrogens with zero attached hydrogens (tertiary/aromatic N) is 2. The molecule has 0 atom stereocenters. The second-order valence-corrected chi connectivity index (χ2v) is 6.31. The van der Waals surface area contributed by atoms with Crippen LogP contribution in [0.3, 0.4) is 0 Å². The normalized spacial score (nSPS) is 18.0. The van der Waals surface area contributed by atoms with E-state index in [0.717, 1.165) is 23.4 Å². The minimum absolute atomic E-state index is 0.220. The van der Waals surface area contributed by atoms with Crippen LogP contribution >= 0.6 is 23.4 Å². The van der Waals surface area contributed by atoms with Gasteiger partial charge in [0.1, 0.15) is 11.2 Å². The molecule has 0 spiro atoms. The zero-order valence-electron chi connectivity index (χ0n) is 8.67. The van der Waals surface area contributed by atoms with Crippen molar-refractivity contribution >= 4 is 23.4 Å².